The molecule has 2 atom stereocenters. The topological polar surface area (TPSA) is 93.4 Å². The number of rotatable bonds is 4. The van der Waals surface area contributed by atoms with E-state index in [0.29, 0.717) is 31.3 Å². The fourth-order valence-electron chi connectivity index (χ4n) is 3.20. The first kappa shape index (κ1) is 18.0. The number of aliphatic hydroxyl groups excluding tert-OH is 1. The van der Waals surface area contributed by atoms with E-state index in [9.17, 15) is 9.90 Å². The van der Waals surface area contributed by atoms with Crippen molar-refractivity contribution in [1.29, 1.82) is 0 Å². The third-order valence-corrected chi connectivity index (χ3v) is 4.95. The first-order valence-corrected chi connectivity index (χ1v) is 9.35. The summed E-state index contributed by atoms with van der Waals surface area (Å²) in [5.74, 6) is 0.409. The van der Waals surface area contributed by atoms with Crippen molar-refractivity contribution in [3.63, 3.8) is 0 Å². The molecule has 3 heterocycles. The van der Waals surface area contributed by atoms with E-state index in [-0.39, 0.29) is 6.10 Å². The van der Waals surface area contributed by atoms with Crippen LogP contribution in [0.1, 0.15) is 30.4 Å². The van der Waals surface area contributed by atoms with Gasteiger partial charge in [-0.25, -0.2) is 9.97 Å². The summed E-state index contributed by atoms with van der Waals surface area (Å²) in [4.78, 5) is 21.4. The molecule has 0 bridgehead atoms. The van der Waals surface area contributed by atoms with Crippen LogP contribution < -0.4 is 0 Å². The van der Waals surface area contributed by atoms with Gasteiger partial charge in [0, 0.05) is 24.3 Å². The predicted molar refractivity (Wildman–Crippen MR) is 101 cm³/mol. The molecule has 140 valence electrons. The second-order valence-electron chi connectivity index (χ2n) is 6.41. The molecular formula is C18H18BrN5O3. The molecule has 0 aliphatic carbocycles. The van der Waals surface area contributed by atoms with Gasteiger partial charge >= 0.3 is 0 Å². The van der Waals surface area contributed by atoms with Gasteiger partial charge in [-0.1, -0.05) is 12.1 Å². The number of benzene rings is 1. The number of fused-ring (bicyclic) bond motifs is 1. The van der Waals surface area contributed by atoms with Crippen molar-refractivity contribution in [2.75, 3.05) is 19.7 Å². The molecule has 1 fully saturated rings. The Morgan fingerprint density at radius 1 is 1.37 bits per heavy atom. The SMILES string of the molecule is CC(O)c1nn(-c2ncc(Br)cn2)c2cc(C3CN(C=O)CCO3)ccc12. The van der Waals surface area contributed by atoms with Crippen molar-refractivity contribution in [2.24, 2.45) is 0 Å². The van der Waals surface area contributed by atoms with Crippen molar-refractivity contribution in [1.82, 2.24) is 24.6 Å². The highest BCUT2D eigenvalue weighted by molar-refractivity contribution is 9.10. The number of hydrogen-bond donors (Lipinski definition) is 1. The van der Waals surface area contributed by atoms with E-state index in [0.717, 1.165) is 27.3 Å². The molecular weight excluding hydrogens is 414 g/mol. The van der Waals surface area contributed by atoms with Crippen LogP contribution in [0.15, 0.2) is 35.1 Å². The smallest absolute Gasteiger partial charge is 0.251 e. The second kappa shape index (κ2) is 7.34. The zero-order valence-corrected chi connectivity index (χ0v) is 16.2. The van der Waals surface area contributed by atoms with Crippen LogP contribution >= 0.6 is 15.9 Å². The Bertz CT molecular complexity index is 973. The number of amides is 1. The molecule has 1 N–H and O–H groups in total. The Balaban J connectivity index is 1.82. The number of hydrogen-bond acceptors (Lipinski definition) is 6. The fourth-order valence-corrected chi connectivity index (χ4v) is 3.40. The van der Waals surface area contributed by atoms with Crippen LogP contribution in [0.3, 0.4) is 0 Å². The quantitative estimate of drug-likeness (QED) is 0.636. The van der Waals surface area contributed by atoms with Gasteiger partial charge in [-0.15, -0.1) is 0 Å². The lowest BCUT2D eigenvalue weighted by Crippen LogP contribution is -2.37. The average molecular weight is 432 g/mol. The van der Waals surface area contributed by atoms with Gasteiger partial charge in [0.1, 0.15) is 6.10 Å². The summed E-state index contributed by atoms with van der Waals surface area (Å²) in [6.07, 6.45) is 3.20. The maximum absolute atomic E-state index is 11.1. The van der Waals surface area contributed by atoms with E-state index < -0.39 is 6.10 Å². The Morgan fingerprint density at radius 2 is 2.15 bits per heavy atom. The molecule has 1 aromatic carbocycles. The first-order chi connectivity index (χ1) is 13.1. The highest BCUT2D eigenvalue weighted by Gasteiger charge is 2.23. The maximum Gasteiger partial charge on any atom is 0.251 e. The van der Waals surface area contributed by atoms with Crippen molar-refractivity contribution in [3.8, 4) is 5.95 Å². The molecule has 0 saturated carbocycles. The fraction of sp³-hybridized carbons (Fsp3) is 0.333. The minimum atomic E-state index is -0.730. The molecule has 1 aliphatic rings. The van der Waals surface area contributed by atoms with E-state index in [2.05, 4.69) is 31.0 Å². The highest BCUT2D eigenvalue weighted by Crippen LogP contribution is 2.30. The zero-order chi connectivity index (χ0) is 19.0. The molecule has 27 heavy (non-hydrogen) atoms. The lowest BCUT2D eigenvalue weighted by molar-refractivity contribution is -0.125. The van der Waals surface area contributed by atoms with Crippen LogP contribution in [0.25, 0.3) is 16.9 Å². The predicted octanol–water partition coefficient (Wildman–Crippen LogP) is 2.16. The first-order valence-electron chi connectivity index (χ1n) is 8.56. The van der Waals surface area contributed by atoms with Crippen molar-refractivity contribution in [3.05, 3.63) is 46.3 Å². The van der Waals surface area contributed by atoms with E-state index in [1.807, 2.05) is 18.2 Å². The van der Waals surface area contributed by atoms with Crippen LogP contribution in [-0.4, -0.2) is 55.9 Å². The molecule has 2 unspecified atom stereocenters. The van der Waals surface area contributed by atoms with Crippen molar-refractivity contribution in [2.45, 2.75) is 19.1 Å². The van der Waals surface area contributed by atoms with E-state index in [4.69, 9.17) is 4.74 Å². The largest absolute Gasteiger partial charge is 0.387 e. The number of nitrogens with zero attached hydrogens (tertiary/aromatic N) is 5. The minimum Gasteiger partial charge on any atom is -0.387 e. The number of carbonyl (C=O) groups is 1. The van der Waals surface area contributed by atoms with Crippen molar-refractivity contribution >= 4 is 33.2 Å². The number of aliphatic hydroxyl groups is 1. The summed E-state index contributed by atoms with van der Waals surface area (Å²) in [5, 5.41) is 15.5. The van der Waals surface area contributed by atoms with Gasteiger partial charge in [-0.3, -0.25) is 4.79 Å². The van der Waals surface area contributed by atoms with Gasteiger partial charge in [-0.05, 0) is 34.5 Å². The van der Waals surface area contributed by atoms with Gasteiger partial charge in [0.05, 0.1) is 34.9 Å². The Labute approximate surface area is 163 Å². The van der Waals surface area contributed by atoms with Gasteiger partial charge in [0.25, 0.3) is 5.95 Å². The van der Waals surface area contributed by atoms with E-state index in [1.165, 1.54) is 0 Å². The van der Waals surface area contributed by atoms with Crippen LogP contribution in [0.2, 0.25) is 0 Å². The van der Waals surface area contributed by atoms with Crippen LogP contribution in [0.4, 0.5) is 0 Å². The number of carbonyl (C=O) groups excluding carboxylic acids is 1. The van der Waals surface area contributed by atoms with Crippen LogP contribution in [0, 0.1) is 0 Å². The second-order valence-corrected chi connectivity index (χ2v) is 7.33. The lowest BCUT2D eigenvalue weighted by atomic mass is 10.0. The third kappa shape index (κ3) is 3.45. The molecule has 0 radical (unpaired) electrons. The van der Waals surface area contributed by atoms with Crippen LogP contribution in [-0.2, 0) is 9.53 Å². The Hall–Kier alpha value is -2.36. The summed E-state index contributed by atoms with van der Waals surface area (Å²) < 4.78 is 8.23. The molecule has 1 amide bonds. The average Bonchev–Trinajstić information content (AvgIpc) is 3.08. The molecule has 8 nitrogen and oxygen atoms in total. The van der Waals surface area contributed by atoms with E-state index >= 15 is 0 Å². The lowest BCUT2D eigenvalue weighted by Gasteiger charge is -2.30. The minimum absolute atomic E-state index is 0.211. The third-order valence-electron chi connectivity index (χ3n) is 4.54. The molecule has 0 spiro atoms. The Morgan fingerprint density at radius 3 is 2.85 bits per heavy atom. The molecule has 3 aromatic rings. The zero-order valence-electron chi connectivity index (χ0n) is 14.6. The van der Waals surface area contributed by atoms with Gasteiger partial charge in [0.15, 0.2) is 0 Å². The Kier molecular flexibility index (Phi) is 4.90. The molecule has 9 heteroatoms. The molecule has 1 aliphatic heterocycles. The standard InChI is InChI=1S/C18H18BrN5O3/c1-11(26)17-14-3-2-12(16-9-23(10-25)4-5-27-16)6-15(14)24(22-17)18-20-7-13(19)8-21-18/h2-3,6-8,10-11,16,26H,4-5,9H2,1H3. The summed E-state index contributed by atoms with van der Waals surface area (Å²) >= 11 is 3.33. The molecule has 2 aromatic heterocycles. The maximum atomic E-state index is 11.1. The summed E-state index contributed by atoms with van der Waals surface area (Å²) in [6.45, 7) is 3.27. The number of morpholine rings is 1. The summed E-state index contributed by atoms with van der Waals surface area (Å²) in [5.41, 5.74) is 2.27. The van der Waals surface area contributed by atoms with E-state index in [1.54, 1.807) is 28.9 Å². The summed E-state index contributed by atoms with van der Waals surface area (Å²) in [7, 11) is 0. The number of ether oxygens (including phenoxy) is 1. The van der Waals surface area contributed by atoms with Crippen molar-refractivity contribution < 1.29 is 14.6 Å². The van der Waals surface area contributed by atoms with Crippen LogP contribution in [0.5, 0.6) is 0 Å². The number of halogens is 1. The molecule has 4 rings (SSSR count). The summed E-state index contributed by atoms with van der Waals surface area (Å²) in [6, 6.07) is 5.82. The van der Waals surface area contributed by atoms with Gasteiger partial charge < -0.3 is 14.7 Å². The monoisotopic (exact) mass is 431 g/mol. The normalized spacial score (nSPS) is 18.6. The highest BCUT2D eigenvalue weighted by atomic mass is 79.9. The number of aromatic nitrogens is 4. The molecule has 1 saturated heterocycles. The van der Waals surface area contributed by atoms with Gasteiger partial charge in [0.2, 0.25) is 6.41 Å². The van der Waals surface area contributed by atoms with Gasteiger partial charge in [-0.2, -0.15) is 9.78 Å².